The summed E-state index contributed by atoms with van der Waals surface area (Å²) in [6, 6.07) is 5.04. The van der Waals surface area contributed by atoms with E-state index in [1.165, 1.54) is 4.90 Å². The molecule has 0 atom stereocenters. The number of hydrogen-bond acceptors (Lipinski definition) is 5. The molecule has 0 saturated carbocycles. The molecule has 0 aliphatic carbocycles. The number of amides is 2. The van der Waals surface area contributed by atoms with E-state index >= 15 is 0 Å². The lowest BCUT2D eigenvalue weighted by atomic mass is 10.2. The Balaban J connectivity index is 1.87. The number of aromatic nitrogens is 1. The molecule has 8 heteroatoms. The highest BCUT2D eigenvalue weighted by Gasteiger charge is 2.23. The Hall–Kier alpha value is -2.61. The molecule has 1 aliphatic heterocycles. The third kappa shape index (κ3) is 2.48. The predicted octanol–water partition coefficient (Wildman–Crippen LogP) is 1.35. The molecule has 1 aliphatic rings. The molecule has 1 aromatic heterocycles. The lowest BCUT2D eigenvalue weighted by molar-refractivity contribution is -0.120. The fraction of sp³-hybridized carbons (Fsp3) is 0.214. The van der Waals surface area contributed by atoms with Gasteiger partial charge in [-0.3, -0.25) is 14.4 Å². The van der Waals surface area contributed by atoms with Crippen LogP contribution in [0, 0.1) is 6.92 Å². The fourth-order valence-corrected chi connectivity index (χ4v) is 2.90. The van der Waals surface area contributed by atoms with Crippen molar-refractivity contribution in [2.24, 2.45) is 0 Å². The standard InChI is InChI=1S/C14H13N3O4S/c1-7-12(22-14(20)15-7)13(19)16-8-3-4-10-9(5-8)17(2)11(18)6-21-10/h3-5H,6H2,1-2H3,(H,15,20)(H,16,19). The first-order valence-corrected chi connectivity index (χ1v) is 7.32. The lowest BCUT2D eigenvalue weighted by Gasteiger charge is -2.26. The van der Waals surface area contributed by atoms with E-state index in [9.17, 15) is 14.4 Å². The van der Waals surface area contributed by atoms with Crippen molar-refractivity contribution in [3.05, 3.63) is 38.4 Å². The number of aryl methyl sites for hydroxylation is 1. The fourth-order valence-electron chi connectivity index (χ4n) is 2.16. The van der Waals surface area contributed by atoms with Crippen LogP contribution in [0.5, 0.6) is 5.75 Å². The van der Waals surface area contributed by atoms with Gasteiger partial charge in [-0.25, -0.2) is 0 Å². The summed E-state index contributed by atoms with van der Waals surface area (Å²) < 4.78 is 5.33. The van der Waals surface area contributed by atoms with Gasteiger partial charge in [0.15, 0.2) is 6.61 Å². The van der Waals surface area contributed by atoms with Crippen LogP contribution in [0.2, 0.25) is 0 Å². The molecule has 2 amide bonds. The third-order valence-electron chi connectivity index (χ3n) is 3.33. The maximum Gasteiger partial charge on any atom is 0.305 e. The number of likely N-dealkylation sites (N-methyl/N-ethyl adjacent to an activating group) is 1. The largest absolute Gasteiger partial charge is 0.482 e. The number of H-pyrrole nitrogens is 1. The number of anilines is 2. The number of fused-ring (bicyclic) bond motifs is 1. The average Bonchev–Trinajstić information content (AvgIpc) is 2.82. The number of benzene rings is 1. The summed E-state index contributed by atoms with van der Waals surface area (Å²) in [4.78, 5) is 39.2. The van der Waals surface area contributed by atoms with E-state index in [0.29, 0.717) is 27.7 Å². The molecule has 0 bridgehead atoms. The van der Waals surface area contributed by atoms with E-state index in [4.69, 9.17) is 4.74 Å². The highest BCUT2D eigenvalue weighted by atomic mass is 32.1. The first-order valence-electron chi connectivity index (χ1n) is 6.50. The quantitative estimate of drug-likeness (QED) is 0.874. The van der Waals surface area contributed by atoms with Crippen LogP contribution in [-0.2, 0) is 4.79 Å². The minimum atomic E-state index is -0.369. The van der Waals surface area contributed by atoms with Crippen LogP contribution in [0.4, 0.5) is 11.4 Å². The van der Waals surface area contributed by atoms with Crippen molar-refractivity contribution in [2.75, 3.05) is 23.9 Å². The number of rotatable bonds is 2. The van der Waals surface area contributed by atoms with Crippen molar-refractivity contribution in [2.45, 2.75) is 6.92 Å². The maximum atomic E-state index is 12.2. The smallest absolute Gasteiger partial charge is 0.305 e. The van der Waals surface area contributed by atoms with Crippen LogP contribution in [-0.4, -0.2) is 30.5 Å². The molecule has 0 saturated heterocycles. The van der Waals surface area contributed by atoms with Crippen molar-refractivity contribution in [3.8, 4) is 5.75 Å². The molecule has 2 N–H and O–H groups in total. The second kappa shape index (κ2) is 5.30. The minimum absolute atomic E-state index is 0.00566. The molecule has 0 unspecified atom stereocenters. The van der Waals surface area contributed by atoms with E-state index in [1.807, 2.05) is 0 Å². The molecule has 0 radical (unpaired) electrons. The molecule has 3 rings (SSSR count). The summed E-state index contributed by atoms with van der Waals surface area (Å²) >= 11 is 0.859. The Morgan fingerprint density at radius 1 is 1.41 bits per heavy atom. The Bertz CT molecular complexity index is 824. The molecule has 0 spiro atoms. The minimum Gasteiger partial charge on any atom is -0.482 e. The second-order valence-corrected chi connectivity index (χ2v) is 5.83. The van der Waals surface area contributed by atoms with Crippen LogP contribution in [0.15, 0.2) is 23.0 Å². The average molecular weight is 319 g/mol. The van der Waals surface area contributed by atoms with Gasteiger partial charge in [-0.05, 0) is 25.1 Å². The van der Waals surface area contributed by atoms with Gasteiger partial charge in [0.25, 0.3) is 11.8 Å². The second-order valence-electron chi connectivity index (χ2n) is 4.85. The van der Waals surface area contributed by atoms with Crippen molar-refractivity contribution < 1.29 is 14.3 Å². The molecule has 0 fully saturated rings. The topological polar surface area (TPSA) is 91.5 Å². The van der Waals surface area contributed by atoms with Gasteiger partial charge in [-0.2, -0.15) is 0 Å². The van der Waals surface area contributed by atoms with Crippen molar-refractivity contribution >= 4 is 34.5 Å². The summed E-state index contributed by atoms with van der Waals surface area (Å²) in [7, 11) is 1.65. The number of nitrogens with zero attached hydrogens (tertiary/aromatic N) is 1. The highest BCUT2D eigenvalue weighted by Crippen LogP contribution is 2.33. The number of carbonyl (C=O) groups excluding carboxylic acids is 2. The van der Waals surface area contributed by atoms with Crippen molar-refractivity contribution in [1.82, 2.24) is 4.98 Å². The summed E-state index contributed by atoms with van der Waals surface area (Å²) in [5, 5.41) is 2.72. The Labute approximate surface area is 129 Å². The van der Waals surface area contributed by atoms with Crippen LogP contribution in [0.1, 0.15) is 15.4 Å². The number of hydrogen-bond donors (Lipinski definition) is 2. The summed E-state index contributed by atoms with van der Waals surface area (Å²) in [6.45, 7) is 1.67. The highest BCUT2D eigenvalue weighted by molar-refractivity contribution is 7.11. The summed E-state index contributed by atoms with van der Waals surface area (Å²) in [5.74, 6) is 0.0600. The van der Waals surface area contributed by atoms with E-state index < -0.39 is 0 Å². The van der Waals surface area contributed by atoms with Crippen LogP contribution in [0.3, 0.4) is 0 Å². The van der Waals surface area contributed by atoms with E-state index in [2.05, 4.69) is 10.3 Å². The number of thiazole rings is 1. The molecule has 22 heavy (non-hydrogen) atoms. The van der Waals surface area contributed by atoms with Gasteiger partial charge in [0.2, 0.25) is 0 Å². The maximum absolute atomic E-state index is 12.2. The Morgan fingerprint density at radius 2 is 2.18 bits per heavy atom. The molecule has 2 heterocycles. The van der Waals surface area contributed by atoms with Gasteiger partial charge in [0.05, 0.1) is 5.69 Å². The van der Waals surface area contributed by atoms with E-state index in [1.54, 1.807) is 32.2 Å². The number of ether oxygens (including phenoxy) is 1. The molecule has 114 valence electrons. The SMILES string of the molecule is Cc1[nH]c(=O)sc1C(=O)Nc1ccc2c(c1)N(C)C(=O)CO2. The van der Waals surface area contributed by atoms with Crippen molar-refractivity contribution in [1.29, 1.82) is 0 Å². The van der Waals surface area contributed by atoms with Gasteiger partial charge in [-0.15, -0.1) is 0 Å². The zero-order valence-corrected chi connectivity index (χ0v) is 12.7. The van der Waals surface area contributed by atoms with Gasteiger partial charge in [0.1, 0.15) is 10.6 Å². The summed E-state index contributed by atoms with van der Waals surface area (Å²) in [5.41, 5.74) is 1.64. The number of aromatic amines is 1. The monoisotopic (exact) mass is 319 g/mol. The molecule has 7 nitrogen and oxygen atoms in total. The predicted molar refractivity (Wildman–Crippen MR) is 83.0 cm³/mol. The van der Waals surface area contributed by atoms with Crippen LogP contribution >= 0.6 is 11.3 Å². The van der Waals surface area contributed by atoms with Crippen LogP contribution < -0.4 is 19.8 Å². The van der Waals surface area contributed by atoms with Gasteiger partial charge in [-0.1, -0.05) is 11.3 Å². The first kappa shape index (κ1) is 14.3. The summed E-state index contributed by atoms with van der Waals surface area (Å²) in [6.07, 6.45) is 0. The Morgan fingerprint density at radius 3 is 2.86 bits per heavy atom. The lowest BCUT2D eigenvalue weighted by Crippen LogP contribution is -2.35. The van der Waals surface area contributed by atoms with E-state index in [0.717, 1.165) is 11.3 Å². The molecule has 1 aromatic carbocycles. The zero-order valence-electron chi connectivity index (χ0n) is 11.9. The van der Waals surface area contributed by atoms with Gasteiger partial charge in [0, 0.05) is 18.4 Å². The Kier molecular flexibility index (Phi) is 3.45. The number of carbonyl (C=O) groups is 2. The zero-order chi connectivity index (χ0) is 15.9. The third-order valence-corrected chi connectivity index (χ3v) is 4.32. The van der Waals surface area contributed by atoms with Crippen molar-refractivity contribution in [3.63, 3.8) is 0 Å². The van der Waals surface area contributed by atoms with Gasteiger partial charge < -0.3 is 19.9 Å². The van der Waals surface area contributed by atoms with Gasteiger partial charge >= 0.3 is 4.87 Å². The number of nitrogens with one attached hydrogen (secondary N) is 2. The molecular formula is C14H13N3O4S. The molecule has 2 aromatic rings. The normalized spacial score (nSPS) is 13.5. The first-order chi connectivity index (χ1) is 10.5. The van der Waals surface area contributed by atoms with E-state index in [-0.39, 0.29) is 23.3 Å². The van der Waals surface area contributed by atoms with Crippen LogP contribution in [0.25, 0.3) is 0 Å². The molecular weight excluding hydrogens is 306 g/mol.